The van der Waals surface area contributed by atoms with E-state index in [1.54, 1.807) is 13.3 Å². The van der Waals surface area contributed by atoms with Crippen molar-refractivity contribution < 1.29 is 4.74 Å². The zero-order valence-electron chi connectivity index (χ0n) is 7.08. The lowest BCUT2D eigenvalue weighted by molar-refractivity contribution is 0.398. The standard InChI is InChI=1S/C9H12N2O/c1-12-9-6-8(4-5-10-9)11-7-2-3-7/h4-7H,2-3H2,1H3,(H,10,11). The van der Waals surface area contributed by atoms with Crippen molar-refractivity contribution in [3.05, 3.63) is 18.3 Å². The SMILES string of the molecule is COc1cc(NC2CC2)ccn1. The van der Waals surface area contributed by atoms with E-state index in [1.165, 1.54) is 12.8 Å². The smallest absolute Gasteiger partial charge is 0.214 e. The number of aromatic nitrogens is 1. The first-order valence-electron chi connectivity index (χ1n) is 4.15. The normalized spacial score (nSPS) is 15.8. The van der Waals surface area contributed by atoms with E-state index in [0.29, 0.717) is 11.9 Å². The van der Waals surface area contributed by atoms with Crippen LogP contribution in [0.25, 0.3) is 0 Å². The molecule has 12 heavy (non-hydrogen) atoms. The minimum atomic E-state index is 0.667. The second kappa shape index (κ2) is 3.01. The van der Waals surface area contributed by atoms with Crippen LogP contribution in [0.4, 0.5) is 5.69 Å². The van der Waals surface area contributed by atoms with Gasteiger partial charge in [0.1, 0.15) is 0 Å². The van der Waals surface area contributed by atoms with E-state index < -0.39 is 0 Å². The quantitative estimate of drug-likeness (QED) is 0.737. The molecule has 0 aromatic carbocycles. The first kappa shape index (κ1) is 7.40. The zero-order valence-corrected chi connectivity index (χ0v) is 7.08. The minimum Gasteiger partial charge on any atom is -0.481 e. The van der Waals surface area contributed by atoms with Gasteiger partial charge >= 0.3 is 0 Å². The maximum Gasteiger partial charge on any atom is 0.214 e. The molecule has 1 heterocycles. The van der Waals surface area contributed by atoms with Crippen molar-refractivity contribution in [3.63, 3.8) is 0 Å². The lowest BCUT2D eigenvalue weighted by atomic mass is 10.4. The molecule has 1 N–H and O–H groups in total. The molecule has 3 nitrogen and oxygen atoms in total. The Morgan fingerprint density at radius 3 is 3.08 bits per heavy atom. The molecule has 1 aromatic rings. The topological polar surface area (TPSA) is 34.1 Å². The summed E-state index contributed by atoms with van der Waals surface area (Å²) in [7, 11) is 1.63. The van der Waals surface area contributed by atoms with Gasteiger partial charge in [0.15, 0.2) is 0 Å². The van der Waals surface area contributed by atoms with Gasteiger partial charge in [-0.05, 0) is 18.9 Å². The lowest BCUT2D eigenvalue weighted by Gasteiger charge is -2.04. The Bertz CT molecular complexity index is 271. The molecule has 0 saturated heterocycles. The number of ether oxygens (including phenoxy) is 1. The molecule has 0 amide bonds. The highest BCUT2D eigenvalue weighted by atomic mass is 16.5. The van der Waals surface area contributed by atoms with Gasteiger partial charge in [0.05, 0.1) is 7.11 Å². The first-order chi connectivity index (χ1) is 5.88. The number of hydrogen-bond acceptors (Lipinski definition) is 3. The molecule has 1 aliphatic rings. The van der Waals surface area contributed by atoms with Crippen LogP contribution in [0.2, 0.25) is 0 Å². The summed E-state index contributed by atoms with van der Waals surface area (Å²) in [4.78, 5) is 4.02. The molecule has 0 atom stereocenters. The fourth-order valence-corrected chi connectivity index (χ4v) is 1.07. The van der Waals surface area contributed by atoms with Gasteiger partial charge in [-0.2, -0.15) is 0 Å². The van der Waals surface area contributed by atoms with Crippen LogP contribution in [-0.2, 0) is 0 Å². The summed E-state index contributed by atoms with van der Waals surface area (Å²) in [6.45, 7) is 0. The maximum absolute atomic E-state index is 5.01. The van der Waals surface area contributed by atoms with Gasteiger partial charge in [0, 0.05) is 24.0 Å². The van der Waals surface area contributed by atoms with Gasteiger partial charge in [-0.15, -0.1) is 0 Å². The van der Waals surface area contributed by atoms with E-state index >= 15 is 0 Å². The average molecular weight is 164 g/mol. The van der Waals surface area contributed by atoms with Gasteiger partial charge in [0.25, 0.3) is 0 Å². The Morgan fingerprint density at radius 1 is 1.58 bits per heavy atom. The molecule has 1 aliphatic carbocycles. The summed E-state index contributed by atoms with van der Waals surface area (Å²) in [5, 5.41) is 3.37. The second-order valence-electron chi connectivity index (χ2n) is 3.01. The molecule has 0 unspecified atom stereocenters. The molecule has 1 aromatic heterocycles. The van der Waals surface area contributed by atoms with E-state index in [-0.39, 0.29) is 0 Å². The van der Waals surface area contributed by atoms with E-state index in [1.807, 2.05) is 12.1 Å². The molecule has 0 aliphatic heterocycles. The summed E-state index contributed by atoms with van der Waals surface area (Å²) in [6.07, 6.45) is 4.32. The fraction of sp³-hybridized carbons (Fsp3) is 0.444. The predicted molar refractivity (Wildman–Crippen MR) is 47.4 cm³/mol. The van der Waals surface area contributed by atoms with Crippen LogP contribution in [-0.4, -0.2) is 18.1 Å². The van der Waals surface area contributed by atoms with E-state index in [2.05, 4.69) is 10.3 Å². The molecule has 3 heteroatoms. The van der Waals surface area contributed by atoms with E-state index in [0.717, 1.165) is 5.69 Å². The van der Waals surface area contributed by atoms with Crippen molar-refractivity contribution in [2.45, 2.75) is 18.9 Å². The van der Waals surface area contributed by atoms with Gasteiger partial charge in [0.2, 0.25) is 5.88 Å². The molecule has 1 fully saturated rings. The summed E-state index contributed by atoms with van der Waals surface area (Å²) in [6, 6.07) is 4.55. The number of hydrogen-bond donors (Lipinski definition) is 1. The Labute approximate surface area is 71.8 Å². The maximum atomic E-state index is 5.01. The van der Waals surface area contributed by atoms with Crippen LogP contribution in [0, 0.1) is 0 Å². The third kappa shape index (κ3) is 1.67. The van der Waals surface area contributed by atoms with E-state index in [9.17, 15) is 0 Å². The minimum absolute atomic E-state index is 0.667. The summed E-state index contributed by atoms with van der Waals surface area (Å²) >= 11 is 0. The van der Waals surface area contributed by atoms with Crippen LogP contribution in [0.5, 0.6) is 5.88 Å². The van der Waals surface area contributed by atoms with Gasteiger partial charge < -0.3 is 10.1 Å². The van der Waals surface area contributed by atoms with Gasteiger partial charge in [-0.25, -0.2) is 4.98 Å². The van der Waals surface area contributed by atoms with Crippen LogP contribution in [0.15, 0.2) is 18.3 Å². The Kier molecular flexibility index (Phi) is 1.86. The number of pyridine rings is 1. The van der Waals surface area contributed by atoms with Gasteiger partial charge in [-0.3, -0.25) is 0 Å². The molecule has 0 bridgehead atoms. The molecular weight excluding hydrogens is 152 g/mol. The fourth-order valence-electron chi connectivity index (χ4n) is 1.07. The van der Waals surface area contributed by atoms with Crippen molar-refractivity contribution >= 4 is 5.69 Å². The number of nitrogens with zero attached hydrogens (tertiary/aromatic N) is 1. The molecule has 64 valence electrons. The van der Waals surface area contributed by atoms with Crippen molar-refractivity contribution in [2.75, 3.05) is 12.4 Å². The molecule has 0 spiro atoms. The molecule has 1 saturated carbocycles. The lowest BCUT2D eigenvalue weighted by Crippen LogP contribution is -2.01. The van der Waals surface area contributed by atoms with Crippen LogP contribution in [0.3, 0.4) is 0 Å². The highest BCUT2D eigenvalue weighted by Crippen LogP contribution is 2.25. The van der Waals surface area contributed by atoms with Crippen molar-refractivity contribution in [2.24, 2.45) is 0 Å². The Hall–Kier alpha value is -1.25. The summed E-state index contributed by atoms with van der Waals surface area (Å²) in [5.41, 5.74) is 1.10. The number of methoxy groups -OCH3 is 1. The Morgan fingerprint density at radius 2 is 2.42 bits per heavy atom. The van der Waals surface area contributed by atoms with Gasteiger partial charge in [-0.1, -0.05) is 0 Å². The molecule has 0 radical (unpaired) electrons. The second-order valence-corrected chi connectivity index (χ2v) is 3.01. The van der Waals surface area contributed by atoms with E-state index in [4.69, 9.17) is 4.74 Å². The third-order valence-corrected chi connectivity index (χ3v) is 1.89. The van der Waals surface area contributed by atoms with Crippen LogP contribution in [0.1, 0.15) is 12.8 Å². The highest BCUT2D eigenvalue weighted by Gasteiger charge is 2.20. The first-order valence-corrected chi connectivity index (χ1v) is 4.15. The number of anilines is 1. The van der Waals surface area contributed by atoms with Crippen molar-refractivity contribution in [1.29, 1.82) is 0 Å². The van der Waals surface area contributed by atoms with Crippen molar-refractivity contribution in [1.82, 2.24) is 4.98 Å². The Balaban J connectivity index is 2.08. The summed E-state index contributed by atoms with van der Waals surface area (Å²) < 4.78 is 5.01. The number of rotatable bonds is 3. The predicted octanol–water partition coefficient (Wildman–Crippen LogP) is 1.66. The molecular formula is C9H12N2O. The zero-order chi connectivity index (χ0) is 8.39. The highest BCUT2D eigenvalue weighted by molar-refractivity contribution is 5.46. The average Bonchev–Trinajstić information content (AvgIpc) is 2.89. The largest absolute Gasteiger partial charge is 0.481 e. The third-order valence-electron chi connectivity index (χ3n) is 1.89. The molecule has 2 rings (SSSR count). The van der Waals surface area contributed by atoms with Crippen LogP contribution >= 0.6 is 0 Å². The van der Waals surface area contributed by atoms with Crippen LogP contribution < -0.4 is 10.1 Å². The monoisotopic (exact) mass is 164 g/mol. The van der Waals surface area contributed by atoms with Crippen molar-refractivity contribution in [3.8, 4) is 5.88 Å². The number of nitrogens with one attached hydrogen (secondary N) is 1. The summed E-state index contributed by atoms with van der Waals surface area (Å²) in [5.74, 6) is 0.667.